The Balaban J connectivity index is 1.27. The lowest BCUT2D eigenvalue weighted by atomic mass is 9.66. The summed E-state index contributed by atoms with van der Waals surface area (Å²) in [7, 11) is 0. The van der Waals surface area contributed by atoms with Crippen LogP contribution in [0.15, 0.2) is 35.1 Å². The first kappa shape index (κ1) is 23.7. The summed E-state index contributed by atoms with van der Waals surface area (Å²) < 4.78 is 8.21. The average molecular weight is 555 g/mol. The SMILES string of the molecule is CC(C)(C[C@@H]1c2ccccc2CC12CCN(c1nc3c(cnn3C3CCO3)nc1Br)CC2)NC(=O)O. The van der Waals surface area contributed by atoms with Gasteiger partial charge in [-0.3, -0.25) is 0 Å². The van der Waals surface area contributed by atoms with Crippen molar-refractivity contribution in [3.05, 3.63) is 46.2 Å². The number of aromatic nitrogens is 4. The molecular formula is C26H31BrN6O3. The molecular weight excluding hydrogens is 524 g/mol. The highest BCUT2D eigenvalue weighted by Crippen LogP contribution is 2.56. The fourth-order valence-corrected chi connectivity index (χ4v) is 6.93. The van der Waals surface area contributed by atoms with E-state index >= 15 is 0 Å². The molecule has 2 N–H and O–H groups in total. The van der Waals surface area contributed by atoms with Crippen LogP contribution in [-0.2, 0) is 11.2 Å². The molecule has 2 saturated heterocycles. The zero-order chi connectivity index (χ0) is 25.1. The fraction of sp³-hybridized carbons (Fsp3) is 0.538. The maximum Gasteiger partial charge on any atom is 0.405 e. The van der Waals surface area contributed by atoms with Gasteiger partial charge in [-0.15, -0.1) is 0 Å². The maximum absolute atomic E-state index is 11.4. The van der Waals surface area contributed by atoms with Gasteiger partial charge in [0.25, 0.3) is 0 Å². The van der Waals surface area contributed by atoms with Crippen molar-refractivity contribution in [3.63, 3.8) is 0 Å². The van der Waals surface area contributed by atoms with Crippen LogP contribution in [0.4, 0.5) is 10.6 Å². The summed E-state index contributed by atoms with van der Waals surface area (Å²) in [6.07, 6.45) is 5.47. The van der Waals surface area contributed by atoms with E-state index in [1.807, 2.05) is 18.5 Å². The van der Waals surface area contributed by atoms with Crippen LogP contribution in [0.3, 0.4) is 0 Å². The number of hydrogen-bond donors (Lipinski definition) is 2. The van der Waals surface area contributed by atoms with E-state index in [0.29, 0.717) is 5.92 Å². The Hall–Kier alpha value is -2.72. The highest BCUT2D eigenvalue weighted by Gasteiger charge is 2.49. The van der Waals surface area contributed by atoms with E-state index in [0.717, 1.165) is 73.4 Å². The zero-order valence-corrected chi connectivity index (χ0v) is 22.2. The van der Waals surface area contributed by atoms with E-state index < -0.39 is 11.6 Å². The van der Waals surface area contributed by atoms with Gasteiger partial charge in [-0.05, 0) is 77.9 Å². The van der Waals surface area contributed by atoms with Crippen molar-refractivity contribution in [3.8, 4) is 0 Å². The molecule has 1 spiro atoms. The molecule has 0 radical (unpaired) electrons. The van der Waals surface area contributed by atoms with Crippen LogP contribution in [0.2, 0.25) is 0 Å². The standard InChI is InChI=1S/C26H31BrN6O3/c1-25(2,31-24(34)35)14-18-17-6-4-3-5-16(17)13-26(18)8-10-32(11-9-26)23-21(27)29-19-15-28-33(22(19)30-23)20-7-12-36-20/h3-6,15,18,20,31H,7-14H2,1-2H3,(H,34,35)/t18-,20?/m1/s1. The van der Waals surface area contributed by atoms with Gasteiger partial charge >= 0.3 is 6.09 Å². The lowest BCUT2D eigenvalue weighted by molar-refractivity contribution is -0.104. The normalized spacial score (nSPS) is 23.0. The summed E-state index contributed by atoms with van der Waals surface area (Å²) >= 11 is 3.66. The van der Waals surface area contributed by atoms with E-state index in [1.54, 1.807) is 6.20 Å². The third kappa shape index (κ3) is 4.04. The second-order valence-electron chi connectivity index (χ2n) is 11.0. The molecule has 0 bridgehead atoms. The van der Waals surface area contributed by atoms with Gasteiger partial charge in [-0.25, -0.2) is 19.4 Å². The molecule has 0 saturated carbocycles. The van der Waals surface area contributed by atoms with Gasteiger partial charge in [0.15, 0.2) is 17.7 Å². The lowest BCUT2D eigenvalue weighted by Gasteiger charge is -2.45. The molecule has 6 rings (SSSR count). The summed E-state index contributed by atoms with van der Waals surface area (Å²) in [6.45, 7) is 6.46. The topological polar surface area (TPSA) is 105 Å². The van der Waals surface area contributed by atoms with Gasteiger partial charge in [0.2, 0.25) is 0 Å². The molecule has 2 atom stereocenters. The van der Waals surface area contributed by atoms with Crippen molar-refractivity contribution in [1.29, 1.82) is 0 Å². The van der Waals surface area contributed by atoms with Crippen LogP contribution in [0, 0.1) is 5.41 Å². The number of halogens is 1. The summed E-state index contributed by atoms with van der Waals surface area (Å²) in [6, 6.07) is 8.69. The molecule has 1 amide bonds. The van der Waals surface area contributed by atoms with E-state index in [1.165, 1.54) is 11.1 Å². The van der Waals surface area contributed by atoms with Gasteiger partial charge in [-0.2, -0.15) is 5.10 Å². The third-order valence-corrected chi connectivity index (χ3v) is 8.78. The number of amides is 1. The first-order valence-electron chi connectivity index (χ1n) is 12.6. The van der Waals surface area contributed by atoms with Gasteiger partial charge in [0, 0.05) is 25.0 Å². The number of anilines is 1. The highest BCUT2D eigenvalue weighted by atomic mass is 79.9. The van der Waals surface area contributed by atoms with Gasteiger partial charge in [-0.1, -0.05) is 24.3 Å². The van der Waals surface area contributed by atoms with Crippen LogP contribution in [0.5, 0.6) is 0 Å². The average Bonchev–Trinajstić information content (AvgIpc) is 3.31. The minimum Gasteiger partial charge on any atom is -0.465 e. The molecule has 10 heteroatoms. The quantitative estimate of drug-likeness (QED) is 0.463. The Morgan fingerprint density at radius 1 is 1.28 bits per heavy atom. The number of hydrogen-bond acceptors (Lipinski definition) is 6. The molecule has 1 aliphatic carbocycles. The number of rotatable bonds is 5. The third-order valence-electron chi connectivity index (χ3n) is 8.24. The number of benzene rings is 1. The minimum absolute atomic E-state index is 0.0593. The Morgan fingerprint density at radius 3 is 2.72 bits per heavy atom. The van der Waals surface area contributed by atoms with Crippen LogP contribution in [0.1, 0.15) is 62.8 Å². The van der Waals surface area contributed by atoms with Crippen LogP contribution in [-0.4, -0.2) is 56.2 Å². The van der Waals surface area contributed by atoms with Crippen LogP contribution < -0.4 is 10.2 Å². The summed E-state index contributed by atoms with van der Waals surface area (Å²) in [5.74, 6) is 1.14. The molecule has 2 aromatic heterocycles. The molecule has 1 aromatic carbocycles. The second kappa shape index (κ2) is 8.69. The maximum atomic E-state index is 11.4. The Bertz CT molecular complexity index is 1310. The van der Waals surface area contributed by atoms with Crippen molar-refractivity contribution in [2.75, 3.05) is 24.6 Å². The van der Waals surface area contributed by atoms with Crippen molar-refractivity contribution >= 4 is 39.0 Å². The Labute approximate surface area is 218 Å². The second-order valence-corrected chi connectivity index (χ2v) is 11.8. The Morgan fingerprint density at radius 2 is 2.03 bits per heavy atom. The van der Waals surface area contributed by atoms with E-state index in [-0.39, 0.29) is 11.6 Å². The fourth-order valence-electron chi connectivity index (χ4n) is 6.40. The van der Waals surface area contributed by atoms with Crippen molar-refractivity contribution in [2.45, 2.75) is 63.6 Å². The molecule has 190 valence electrons. The minimum atomic E-state index is -0.972. The molecule has 3 aromatic rings. The first-order chi connectivity index (χ1) is 17.2. The predicted molar refractivity (Wildman–Crippen MR) is 139 cm³/mol. The highest BCUT2D eigenvalue weighted by molar-refractivity contribution is 9.10. The van der Waals surface area contributed by atoms with Crippen molar-refractivity contribution < 1.29 is 14.6 Å². The molecule has 2 aliphatic heterocycles. The van der Waals surface area contributed by atoms with Gasteiger partial charge in [0.1, 0.15) is 10.1 Å². The number of nitrogens with zero attached hydrogens (tertiary/aromatic N) is 5. The summed E-state index contributed by atoms with van der Waals surface area (Å²) in [5.41, 5.74) is 3.87. The van der Waals surface area contributed by atoms with Crippen molar-refractivity contribution in [1.82, 2.24) is 25.1 Å². The zero-order valence-electron chi connectivity index (χ0n) is 20.6. The van der Waals surface area contributed by atoms with Crippen LogP contribution >= 0.6 is 15.9 Å². The van der Waals surface area contributed by atoms with Gasteiger partial charge in [0.05, 0.1) is 12.8 Å². The molecule has 3 aliphatic rings. The summed E-state index contributed by atoms with van der Waals surface area (Å²) in [4.78, 5) is 23.5. The lowest BCUT2D eigenvalue weighted by Crippen LogP contribution is -2.48. The molecule has 9 nitrogen and oxygen atoms in total. The van der Waals surface area contributed by atoms with Gasteiger partial charge < -0.3 is 20.1 Å². The van der Waals surface area contributed by atoms with Crippen molar-refractivity contribution in [2.24, 2.45) is 5.41 Å². The number of nitrogens with one attached hydrogen (secondary N) is 1. The Kier molecular flexibility index (Phi) is 5.71. The number of carboxylic acid groups (broad SMARTS) is 1. The van der Waals surface area contributed by atoms with Crippen LogP contribution in [0.25, 0.3) is 11.2 Å². The number of ether oxygens (including phenoxy) is 1. The summed E-state index contributed by atoms with van der Waals surface area (Å²) in [5, 5.41) is 16.6. The predicted octanol–water partition coefficient (Wildman–Crippen LogP) is 4.87. The largest absolute Gasteiger partial charge is 0.465 e. The first-order valence-corrected chi connectivity index (χ1v) is 13.4. The molecule has 4 heterocycles. The monoisotopic (exact) mass is 554 g/mol. The number of piperidine rings is 1. The van der Waals surface area contributed by atoms with E-state index in [2.05, 4.69) is 55.5 Å². The molecule has 1 unspecified atom stereocenters. The van der Waals surface area contributed by atoms with E-state index in [9.17, 15) is 9.90 Å². The molecule has 36 heavy (non-hydrogen) atoms. The number of carbonyl (C=O) groups is 1. The number of fused-ring (bicyclic) bond motifs is 2. The smallest absolute Gasteiger partial charge is 0.405 e. The molecule has 2 fully saturated rings. The van der Waals surface area contributed by atoms with E-state index in [4.69, 9.17) is 14.7 Å².